The molecule has 6 aromatic rings. The van der Waals surface area contributed by atoms with Gasteiger partial charge in [-0.05, 0) is 39.8 Å². The highest BCUT2D eigenvalue weighted by Crippen LogP contribution is 2.27. The van der Waals surface area contributed by atoms with Crippen molar-refractivity contribution in [3.63, 3.8) is 0 Å². The average Bonchev–Trinajstić information content (AvgIpc) is 3.71. The van der Waals surface area contributed by atoms with Gasteiger partial charge in [0.15, 0.2) is 17.2 Å². The van der Waals surface area contributed by atoms with E-state index < -0.39 is 5.82 Å². The van der Waals surface area contributed by atoms with Crippen LogP contribution in [-0.2, 0) is 19.6 Å². The van der Waals surface area contributed by atoms with Gasteiger partial charge in [0.05, 0.1) is 31.3 Å². The van der Waals surface area contributed by atoms with Crippen molar-refractivity contribution < 1.29 is 9.13 Å². The molecule has 190 valence electrons. The number of benzene rings is 2. The number of hydrogen-bond donors (Lipinski definition) is 1. The second-order valence-corrected chi connectivity index (χ2v) is 8.49. The molecule has 4 heterocycles. The zero-order chi connectivity index (χ0) is 25.9. The van der Waals surface area contributed by atoms with Crippen LogP contribution in [-0.4, -0.2) is 56.8 Å². The van der Waals surface area contributed by atoms with E-state index in [1.54, 1.807) is 12.3 Å². The Morgan fingerprint density at radius 2 is 1.82 bits per heavy atom. The van der Waals surface area contributed by atoms with Crippen molar-refractivity contribution in [2.45, 2.75) is 19.6 Å². The minimum atomic E-state index is -0.509. The number of nitrogens with zero attached hydrogens (tertiary/aromatic N) is 10. The fraction of sp³-hybridized carbons (Fsp3) is 0.160. The minimum Gasteiger partial charge on any atom is -0.494 e. The SMILES string of the molecule is COc1ccc(-n2cnnn2)c(CNc2ncnc3nn(Cc4ccc(Cn5cccn5)cc4)cc23)c1F. The molecule has 0 spiro atoms. The molecule has 4 aromatic heterocycles. The largest absolute Gasteiger partial charge is 0.494 e. The maximum atomic E-state index is 15.2. The van der Waals surface area contributed by atoms with Crippen molar-refractivity contribution in [1.82, 2.24) is 49.7 Å². The van der Waals surface area contributed by atoms with Gasteiger partial charge in [-0.15, -0.1) is 5.10 Å². The van der Waals surface area contributed by atoms with Gasteiger partial charge < -0.3 is 10.1 Å². The normalized spacial score (nSPS) is 11.2. The van der Waals surface area contributed by atoms with Gasteiger partial charge in [-0.1, -0.05) is 24.3 Å². The Hall–Kier alpha value is -5.20. The summed E-state index contributed by atoms with van der Waals surface area (Å²) in [4.78, 5) is 8.67. The topological polar surface area (TPSA) is 126 Å². The fourth-order valence-corrected chi connectivity index (χ4v) is 4.20. The van der Waals surface area contributed by atoms with Crippen molar-refractivity contribution in [2.24, 2.45) is 0 Å². The fourth-order valence-electron chi connectivity index (χ4n) is 4.20. The summed E-state index contributed by atoms with van der Waals surface area (Å²) in [7, 11) is 1.42. The lowest BCUT2D eigenvalue weighted by atomic mass is 10.1. The molecule has 0 saturated carbocycles. The second kappa shape index (κ2) is 10.0. The Morgan fingerprint density at radius 3 is 2.53 bits per heavy atom. The van der Waals surface area contributed by atoms with E-state index in [9.17, 15) is 0 Å². The first-order valence-electron chi connectivity index (χ1n) is 11.7. The molecule has 0 aliphatic rings. The molecule has 12 nitrogen and oxygen atoms in total. The lowest BCUT2D eigenvalue weighted by Crippen LogP contribution is -2.10. The van der Waals surface area contributed by atoms with Gasteiger partial charge in [-0.3, -0.25) is 9.36 Å². The predicted molar refractivity (Wildman–Crippen MR) is 135 cm³/mol. The van der Waals surface area contributed by atoms with E-state index in [4.69, 9.17) is 4.74 Å². The number of ether oxygens (including phenoxy) is 1. The molecule has 13 heteroatoms. The van der Waals surface area contributed by atoms with Gasteiger partial charge in [0, 0.05) is 30.7 Å². The summed E-state index contributed by atoms with van der Waals surface area (Å²) in [5.74, 6) is 0.139. The highest BCUT2D eigenvalue weighted by molar-refractivity contribution is 5.85. The summed E-state index contributed by atoms with van der Waals surface area (Å²) in [6, 6.07) is 13.4. The van der Waals surface area contributed by atoms with Crippen molar-refractivity contribution in [3.05, 3.63) is 96.2 Å². The van der Waals surface area contributed by atoms with Crippen LogP contribution in [0.2, 0.25) is 0 Å². The molecule has 0 aliphatic carbocycles. The predicted octanol–water partition coefficient (Wildman–Crippen LogP) is 2.85. The zero-order valence-corrected chi connectivity index (χ0v) is 20.3. The Bertz CT molecular complexity index is 1660. The smallest absolute Gasteiger partial charge is 0.186 e. The third-order valence-corrected chi connectivity index (χ3v) is 6.07. The monoisotopic (exact) mass is 511 g/mol. The van der Waals surface area contributed by atoms with Gasteiger partial charge in [0.1, 0.15) is 18.5 Å². The van der Waals surface area contributed by atoms with Crippen LogP contribution in [0, 0.1) is 5.82 Å². The Balaban J connectivity index is 1.22. The van der Waals surface area contributed by atoms with Crippen molar-refractivity contribution in [1.29, 1.82) is 0 Å². The molecule has 0 amide bonds. The van der Waals surface area contributed by atoms with Crippen LogP contribution in [0.4, 0.5) is 10.2 Å². The van der Waals surface area contributed by atoms with Crippen molar-refractivity contribution in [3.8, 4) is 11.4 Å². The first-order valence-corrected chi connectivity index (χ1v) is 11.7. The molecule has 0 fully saturated rings. The van der Waals surface area contributed by atoms with Crippen LogP contribution in [0.25, 0.3) is 16.7 Å². The Kier molecular flexibility index (Phi) is 6.14. The number of fused-ring (bicyclic) bond motifs is 1. The average molecular weight is 512 g/mol. The van der Waals surface area contributed by atoms with E-state index in [1.807, 2.05) is 27.8 Å². The summed E-state index contributed by atoms with van der Waals surface area (Å²) in [6.45, 7) is 1.38. The van der Waals surface area contributed by atoms with Gasteiger partial charge in [0.25, 0.3) is 0 Å². The Labute approximate surface area is 215 Å². The van der Waals surface area contributed by atoms with Gasteiger partial charge in [-0.25, -0.2) is 19.0 Å². The van der Waals surface area contributed by atoms with Gasteiger partial charge >= 0.3 is 0 Å². The summed E-state index contributed by atoms with van der Waals surface area (Å²) in [5.41, 5.74) is 3.59. The van der Waals surface area contributed by atoms with E-state index in [0.29, 0.717) is 35.8 Å². The summed E-state index contributed by atoms with van der Waals surface area (Å²) in [5, 5.41) is 24.0. The maximum Gasteiger partial charge on any atom is 0.186 e. The van der Waals surface area contributed by atoms with E-state index >= 15 is 4.39 Å². The number of halogens is 1. The quantitative estimate of drug-likeness (QED) is 0.312. The number of rotatable bonds is 9. The third-order valence-electron chi connectivity index (χ3n) is 6.07. The number of nitrogens with one attached hydrogen (secondary N) is 1. The highest BCUT2D eigenvalue weighted by atomic mass is 19.1. The third kappa shape index (κ3) is 4.64. The van der Waals surface area contributed by atoms with Crippen LogP contribution in [0.1, 0.15) is 16.7 Å². The summed E-state index contributed by atoms with van der Waals surface area (Å²) < 4.78 is 25.5. The van der Waals surface area contributed by atoms with Crippen LogP contribution in [0.15, 0.2) is 73.7 Å². The molecule has 0 atom stereocenters. The zero-order valence-electron chi connectivity index (χ0n) is 20.3. The van der Waals surface area contributed by atoms with Crippen LogP contribution < -0.4 is 10.1 Å². The lowest BCUT2D eigenvalue weighted by molar-refractivity contribution is 0.384. The van der Waals surface area contributed by atoms with Crippen molar-refractivity contribution >= 4 is 16.9 Å². The molecule has 0 bridgehead atoms. The number of anilines is 1. The Morgan fingerprint density at radius 1 is 1.00 bits per heavy atom. The van der Waals surface area contributed by atoms with E-state index in [1.165, 1.54) is 30.5 Å². The summed E-state index contributed by atoms with van der Waals surface area (Å²) in [6.07, 6.45) is 8.41. The number of tetrazole rings is 1. The van der Waals surface area contributed by atoms with E-state index in [2.05, 4.69) is 65.3 Å². The van der Waals surface area contributed by atoms with E-state index in [-0.39, 0.29) is 12.3 Å². The molecular formula is C25H22FN11O. The molecule has 1 N–H and O–H groups in total. The van der Waals surface area contributed by atoms with Crippen LogP contribution in [0.3, 0.4) is 0 Å². The maximum absolute atomic E-state index is 15.2. The molecule has 0 aliphatic heterocycles. The highest BCUT2D eigenvalue weighted by Gasteiger charge is 2.17. The van der Waals surface area contributed by atoms with Crippen LogP contribution >= 0.6 is 0 Å². The molecule has 0 radical (unpaired) electrons. The molecule has 6 rings (SSSR count). The van der Waals surface area contributed by atoms with Gasteiger partial charge in [0.2, 0.25) is 0 Å². The number of hydrogen-bond acceptors (Lipinski definition) is 9. The molecule has 2 aromatic carbocycles. The second-order valence-electron chi connectivity index (χ2n) is 8.49. The van der Waals surface area contributed by atoms with Crippen molar-refractivity contribution in [2.75, 3.05) is 12.4 Å². The summed E-state index contributed by atoms with van der Waals surface area (Å²) >= 11 is 0. The lowest BCUT2D eigenvalue weighted by Gasteiger charge is -2.14. The molecule has 0 saturated heterocycles. The number of aromatic nitrogens is 10. The van der Waals surface area contributed by atoms with Gasteiger partial charge in [-0.2, -0.15) is 10.2 Å². The van der Waals surface area contributed by atoms with Crippen LogP contribution in [0.5, 0.6) is 5.75 Å². The molecule has 0 unspecified atom stereocenters. The van der Waals surface area contributed by atoms with E-state index in [0.717, 1.165) is 16.5 Å². The minimum absolute atomic E-state index is 0.104. The first-order chi connectivity index (χ1) is 18.7. The molecule has 38 heavy (non-hydrogen) atoms. The molecular weight excluding hydrogens is 489 g/mol. The number of methoxy groups -OCH3 is 1. The first kappa shape index (κ1) is 23.2. The standard InChI is InChI=1S/C25H22FN11O/c1-38-22-8-7-21(37-16-30-33-34-37)19(23(22)26)11-27-24-20-14-36(32-25(20)29-15-28-24)13-18-5-3-17(4-6-18)12-35-10-2-9-31-35/h2-10,14-16H,11-13H2,1H3,(H,27,28,29,32).